The zero-order valence-electron chi connectivity index (χ0n) is 14.1. The summed E-state index contributed by atoms with van der Waals surface area (Å²) in [5, 5.41) is 78.2. The van der Waals surface area contributed by atoms with Gasteiger partial charge in [-0.05, 0) is 0 Å². The van der Waals surface area contributed by atoms with Crippen molar-refractivity contribution in [2.45, 2.75) is 54.4 Å². The quantitative estimate of drug-likeness (QED) is 0.131. The van der Waals surface area contributed by atoms with E-state index in [4.69, 9.17) is 18.8 Å². The Morgan fingerprint density at radius 3 is 1.82 bits per heavy atom. The van der Waals surface area contributed by atoms with Crippen LogP contribution in [0.15, 0.2) is 0 Å². The van der Waals surface area contributed by atoms with Gasteiger partial charge in [-0.1, -0.05) is 0 Å². The Labute approximate surface area is 158 Å². The molecule has 2 rings (SSSR count). The van der Waals surface area contributed by atoms with Crippen molar-refractivity contribution in [3.05, 3.63) is 0 Å². The van der Waals surface area contributed by atoms with Crippen molar-refractivity contribution in [3.8, 4) is 0 Å². The number of hydrogen-bond acceptors (Lipinski definition) is 13. The fourth-order valence-corrected chi connectivity index (χ4v) is 3.59. The highest BCUT2D eigenvalue weighted by atomic mass is 32.2. The van der Waals surface area contributed by atoms with E-state index in [2.05, 4.69) is 0 Å². The molecule has 2 aliphatic rings. The van der Waals surface area contributed by atoms with Gasteiger partial charge >= 0.3 is 10.3 Å². The maximum atomic E-state index is 11.4. The molecule has 0 spiro atoms. The van der Waals surface area contributed by atoms with Crippen molar-refractivity contribution in [1.82, 2.24) is 4.72 Å². The van der Waals surface area contributed by atoms with Gasteiger partial charge in [0.05, 0.1) is 13.2 Å². The lowest BCUT2D eigenvalue weighted by Crippen LogP contribution is -2.75. The topological polar surface area (TPSA) is 256 Å². The maximum Gasteiger partial charge on any atom is 0.337 e. The predicted octanol–water partition coefficient (Wildman–Crippen LogP) is -6.68. The minimum Gasteiger partial charge on any atom is -0.394 e. The van der Waals surface area contributed by atoms with Crippen LogP contribution in [0.5, 0.6) is 0 Å². The molecule has 2 heterocycles. The summed E-state index contributed by atoms with van der Waals surface area (Å²) in [6.45, 7) is -3.19. The Kier molecular flexibility index (Phi) is 7.01. The van der Waals surface area contributed by atoms with Crippen LogP contribution in [0.3, 0.4) is 0 Å². The molecule has 9 atom stereocenters. The summed E-state index contributed by atoms with van der Waals surface area (Å²) < 4.78 is 48.4. The van der Waals surface area contributed by atoms with Crippen LogP contribution < -0.4 is 4.72 Å². The van der Waals surface area contributed by atoms with E-state index in [1.54, 1.807) is 0 Å². The average Bonchev–Trinajstić information content (AvgIpc) is 2.86. The number of aliphatic hydroxyl groups is 8. The zero-order valence-corrected chi connectivity index (χ0v) is 15.0. The fraction of sp³-hybridized carbons (Fsp3) is 1.00. The van der Waals surface area contributed by atoms with Crippen LogP contribution in [0, 0.1) is 0 Å². The number of nitrogens with one attached hydrogen (secondary N) is 1. The molecule has 16 heteroatoms. The van der Waals surface area contributed by atoms with Gasteiger partial charge in [0.1, 0.15) is 43.2 Å². The van der Waals surface area contributed by atoms with E-state index in [1.807, 2.05) is 0 Å². The van der Waals surface area contributed by atoms with Crippen molar-refractivity contribution in [2.75, 3.05) is 19.8 Å². The summed E-state index contributed by atoms with van der Waals surface area (Å²) in [5.74, 6) is -5.94. The second-order valence-electron chi connectivity index (χ2n) is 6.36. The van der Waals surface area contributed by atoms with Crippen molar-refractivity contribution in [2.24, 2.45) is 0 Å². The van der Waals surface area contributed by atoms with Gasteiger partial charge in [-0.25, -0.2) is 0 Å². The Hall–Kier alpha value is -0.570. The molecule has 10 N–H and O–H groups in total. The summed E-state index contributed by atoms with van der Waals surface area (Å²) in [6.07, 6.45) is -13.9. The first-order valence-electron chi connectivity index (χ1n) is 7.91. The Morgan fingerprint density at radius 2 is 1.39 bits per heavy atom. The zero-order chi connectivity index (χ0) is 21.5. The molecule has 0 aromatic carbocycles. The summed E-state index contributed by atoms with van der Waals surface area (Å²) in [5.41, 5.74) is 0. The second kappa shape index (κ2) is 8.28. The van der Waals surface area contributed by atoms with E-state index in [9.17, 15) is 49.3 Å². The van der Waals surface area contributed by atoms with Gasteiger partial charge in [0.25, 0.3) is 5.91 Å². The van der Waals surface area contributed by atoms with Crippen LogP contribution in [-0.2, 0) is 24.5 Å². The predicted molar refractivity (Wildman–Crippen MR) is 82.3 cm³/mol. The summed E-state index contributed by atoms with van der Waals surface area (Å²) in [4.78, 5) is 0. The molecule has 15 nitrogen and oxygen atoms in total. The van der Waals surface area contributed by atoms with Gasteiger partial charge < -0.3 is 50.3 Å². The van der Waals surface area contributed by atoms with Gasteiger partial charge in [0, 0.05) is 0 Å². The normalized spacial score (nSPS) is 47.4. The highest BCUT2D eigenvalue weighted by molar-refractivity contribution is 7.83. The van der Waals surface area contributed by atoms with Crippen LogP contribution in [-0.4, -0.2) is 128 Å². The SMILES string of the molecule is O=S(=O)(O)N[C@@]1(OC2(CO)O[C@H](CO)[C@@H](O)[C@@H]2O)O[C@H](CO)[C@@H](O)[C@H](O)[C@H]1O. The third kappa shape index (κ3) is 4.16. The van der Waals surface area contributed by atoms with Crippen molar-refractivity contribution in [1.29, 1.82) is 0 Å². The van der Waals surface area contributed by atoms with Crippen LogP contribution in [0.25, 0.3) is 0 Å². The van der Waals surface area contributed by atoms with Gasteiger partial charge in [-0.3, -0.25) is 9.29 Å². The number of rotatable bonds is 7. The number of hydrogen-bond donors (Lipinski definition) is 10. The summed E-state index contributed by atoms with van der Waals surface area (Å²) in [7, 11) is -5.28. The largest absolute Gasteiger partial charge is 0.394 e. The van der Waals surface area contributed by atoms with Crippen LogP contribution in [0.2, 0.25) is 0 Å². The first-order chi connectivity index (χ1) is 12.9. The molecule has 0 radical (unpaired) electrons. The molecule has 0 saturated carbocycles. The number of ether oxygens (including phenoxy) is 3. The lowest BCUT2D eigenvalue weighted by Gasteiger charge is -2.50. The monoisotopic (exact) mass is 437 g/mol. The third-order valence-electron chi connectivity index (χ3n) is 4.45. The lowest BCUT2D eigenvalue weighted by molar-refractivity contribution is -0.438. The van der Waals surface area contributed by atoms with E-state index in [0.29, 0.717) is 0 Å². The highest BCUT2D eigenvalue weighted by Gasteiger charge is 2.64. The minimum absolute atomic E-state index is 0.869. The van der Waals surface area contributed by atoms with E-state index < -0.39 is 84.6 Å². The van der Waals surface area contributed by atoms with Crippen LogP contribution in [0.4, 0.5) is 0 Å². The maximum absolute atomic E-state index is 11.4. The second-order valence-corrected chi connectivity index (χ2v) is 7.51. The molecular weight excluding hydrogens is 414 g/mol. The molecule has 0 aromatic heterocycles. The molecule has 0 aromatic rings. The van der Waals surface area contributed by atoms with Gasteiger partial charge in [-0.2, -0.15) is 8.42 Å². The van der Waals surface area contributed by atoms with E-state index >= 15 is 0 Å². The third-order valence-corrected chi connectivity index (χ3v) is 4.99. The minimum atomic E-state index is -5.28. The van der Waals surface area contributed by atoms with E-state index in [0.717, 1.165) is 0 Å². The number of aliphatic hydroxyl groups excluding tert-OH is 8. The Morgan fingerprint density at radius 1 is 0.857 bits per heavy atom. The fourth-order valence-electron chi connectivity index (χ4n) is 3.02. The molecule has 0 bridgehead atoms. The van der Waals surface area contributed by atoms with Crippen LogP contribution in [0.1, 0.15) is 0 Å². The molecule has 1 unspecified atom stereocenters. The molecular formula is C12H23NO14S. The van der Waals surface area contributed by atoms with Gasteiger partial charge in [-0.15, -0.1) is 4.72 Å². The van der Waals surface area contributed by atoms with Crippen molar-refractivity contribution >= 4 is 10.3 Å². The summed E-state index contributed by atoms with van der Waals surface area (Å²) >= 11 is 0. The standard InChI is InChI=1S/C12H23NO14S/c14-1-4-6(17)8(19)10(21)12(26-4,13-28(22,23)24)27-11(3-16)9(20)7(18)5(2-15)25-11/h4-10,13-21H,1-3H2,(H,22,23,24)/t4-,5-,6-,7-,8+,9+,10-,11?,12-/m1/s1. The molecule has 2 fully saturated rings. The van der Waals surface area contributed by atoms with Gasteiger partial charge in [0.2, 0.25) is 5.79 Å². The first kappa shape index (κ1) is 23.7. The molecule has 0 amide bonds. The Bertz CT molecular complexity index is 646. The van der Waals surface area contributed by atoms with Crippen LogP contribution >= 0.6 is 0 Å². The molecule has 2 aliphatic heterocycles. The highest BCUT2D eigenvalue weighted by Crippen LogP contribution is 2.39. The van der Waals surface area contributed by atoms with Gasteiger partial charge in [0.15, 0.2) is 6.10 Å². The summed E-state index contributed by atoms with van der Waals surface area (Å²) in [6, 6.07) is 0. The molecule has 2 saturated heterocycles. The molecule has 0 aliphatic carbocycles. The van der Waals surface area contributed by atoms with E-state index in [-0.39, 0.29) is 0 Å². The smallest absolute Gasteiger partial charge is 0.337 e. The van der Waals surface area contributed by atoms with Crippen molar-refractivity contribution in [3.63, 3.8) is 0 Å². The Balaban J connectivity index is 2.51. The average molecular weight is 437 g/mol. The molecule has 166 valence electrons. The molecule has 28 heavy (non-hydrogen) atoms. The first-order valence-corrected chi connectivity index (χ1v) is 9.35. The van der Waals surface area contributed by atoms with E-state index in [1.165, 1.54) is 4.72 Å². The lowest BCUT2D eigenvalue weighted by atomic mass is 9.96. The van der Waals surface area contributed by atoms with Crippen molar-refractivity contribution < 1.29 is 68.0 Å².